The molecule has 1 atom stereocenters. The van der Waals surface area contributed by atoms with Crippen molar-refractivity contribution < 1.29 is 14.2 Å². The minimum Gasteiger partial charge on any atom is -0.454 e. The maximum Gasteiger partial charge on any atom is 0.231 e. The highest BCUT2D eigenvalue weighted by Crippen LogP contribution is 2.37. The number of rotatable bonds is 4. The average Bonchev–Trinajstić information content (AvgIpc) is 3.39. The van der Waals surface area contributed by atoms with Crippen LogP contribution in [0.1, 0.15) is 55.6 Å². The predicted octanol–water partition coefficient (Wildman–Crippen LogP) is 2.33. The Morgan fingerprint density at radius 3 is 2.67 bits per heavy atom. The molecule has 8 nitrogen and oxygen atoms in total. The second-order valence-corrected chi connectivity index (χ2v) is 7.42. The molecule has 1 aliphatic carbocycles. The molecule has 1 saturated carbocycles. The van der Waals surface area contributed by atoms with E-state index in [4.69, 9.17) is 19.3 Å². The van der Waals surface area contributed by atoms with Gasteiger partial charge in [0.15, 0.2) is 17.3 Å². The van der Waals surface area contributed by atoms with Gasteiger partial charge in [-0.1, -0.05) is 25.3 Å². The lowest BCUT2D eigenvalue weighted by atomic mass is 9.96. The Hall–Kier alpha value is -2.19. The van der Waals surface area contributed by atoms with E-state index in [-0.39, 0.29) is 12.8 Å². The zero-order valence-electron chi connectivity index (χ0n) is 15.4. The van der Waals surface area contributed by atoms with Gasteiger partial charge in [-0.2, -0.15) is 4.80 Å². The van der Waals surface area contributed by atoms with Crippen molar-refractivity contribution in [3.63, 3.8) is 0 Å². The van der Waals surface area contributed by atoms with E-state index < -0.39 is 0 Å². The van der Waals surface area contributed by atoms with Crippen LogP contribution in [0.3, 0.4) is 0 Å². The van der Waals surface area contributed by atoms with Gasteiger partial charge in [-0.05, 0) is 35.8 Å². The Balaban J connectivity index is 1.47. The normalized spacial score (nSPS) is 22.1. The van der Waals surface area contributed by atoms with E-state index in [1.165, 1.54) is 19.3 Å². The van der Waals surface area contributed by atoms with Crippen LogP contribution < -0.4 is 9.47 Å². The molecule has 1 aromatic heterocycles. The molecule has 2 aromatic rings. The molecule has 2 aliphatic heterocycles. The Bertz CT molecular complexity index is 783. The Labute approximate surface area is 158 Å². The first kappa shape index (κ1) is 16.9. The first-order chi connectivity index (χ1) is 13.4. The van der Waals surface area contributed by atoms with Gasteiger partial charge in [-0.25, -0.2) is 0 Å². The first-order valence-electron chi connectivity index (χ1n) is 9.89. The van der Waals surface area contributed by atoms with Gasteiger partial charge in [0.1, 0.15) is 0 Å². The van der Waals surface area contributed by atoms with Crippen LogP contribution in [-0.2, 0) is 4.74 Å². The topological polar surface area (TPSA) is 74.5 Å². The summed E-state index contributed by atoms with van der Waals surface area (Å²) in [5.41, 5.74) is 1.10. The summed E-state index contributed by atoms with van der Waals surface area (Å²) in [7, 11) is 0. The van der Waals surface area contributed by atoms with Crippen molar-refractivity contribution in [2.24, 2.45) is 0 Å². The summed E-state index contributed by atoms with van der Waals surface area (Å²) >= 11 is 0. The van der Waals surface area contributed by atoms with Crippen LogP contribution in [0, 0.1) is 0 Å². The van der Waals surface area contributed by atoms with Crippen LogP contribution in [0.15, 0.2) is 18.2 Å². The third-order valence-corrected chi connectivity index (χ3v) is 5.71. The van der Waals surface area contributed by atoms with E-state index in [9.17, 15) is 0 Å². The van der Waals surface area contributed by atoms with Crippen molar-refractivity contribution in [1.82, 2.24) is 25.1 Å². The van der Waals surface area contributed by atoms with Gasteiger partial charge in [0.25, 0.3) is 0 Å². The molecule has 1 aromatic carbocycles. The predicted molar refractivity (Wildman–Crippen MR) is 96.7 cm³/mol. The van der Waals surface area contributed by atoms with Crippen LogP contribution in [0.5, 0.6) is 11.5 Å². The molecule has 0 spiro atoms. The lowest BCUT2D eigenvalue weighted by molar-refractivity contribution is 0.0223. The van der Waals surface area contributed by atoms with Crippen molar-refractivity contribution in [3.8, 4) is 11.5 Å². The Morgan fingerprint density at radius 1 is 1.00 bits per heavy atom. The standard InChI is InChI=1S/C19H25N5O3/c1-2-4-15(5-3-1)24-21-19(20-22-24)18(23-8-10-25-11-9-23)14-6-7-16-17(12-14)27-13-26-16/h6-7,12,15,18H,1-5,8-11,13H2/t18-/m1/s1. The molecule has 3 aliphatic rings. The fourth-order valence-electron chi connectivity index (χ4n) is 4.25. The van der Waals surface area contributed by atoms with E-state index in [2.05, 4.69) is 21.3 Å². The molecule has 3 heterocycles. The van der Waals surface area contributed by atoms with Crippen molar-refractivity contribution in [2.45, 2.75) is 44.2 Å². The van der Waals surface area contributed by atoms with Gasteiger partial charge in [0, 0.05) is 13.1 Å². The lowest BCUT2D eigenvalue weighted by Crippen LogP contribution is -2.40. The highest BCUT2D eigenvalue weighted by molar-refractivity contribution is 5.46. The summed E-state index contributed by atoms with van der Waals surface area (Å²) in [6.45, 7) is 3.40. The van der Waals surface area contributed by atoms with E-state index in [1.807, 2.05) is 16.9 Å². The largest absolute Gasteiger partial charge is 0.454 e. The molecule has 0 N–H and O–H groups in total. The number of fused-ring (bicyclic) bond motifs is 1. The van der Waals surface area contributed by atoms with Crippen LogP contribution in [0.4, 0.5) is 0 Å². The zero-order valence-corrected chi connectivity index (χ0v) is 15.4. The molecule has 27 heavy (non-hydrogen) atoms. The van der Waals surface area contributed by atoms with Gasteiger partial charge in [0.05, 0.1) is 25.3 Å². The van der Waals surface area contributed by atoms with E-state index in [0.717, 1.165) is 62.0 Å². The molecule has 0 amide bonds. The molecular weight excluding hydrogens is 346 g/mol. The molecule has 0 radical (unpaired) electrons. The Kier molecular flexibility index (Phi) is 4.67. The van der Waals surface area contributed by atoms with Gasteiger partial charge in [-0.3, -0.25) is 4.90 Å². The van der Waals surface area contributed by atoms with Crippen molar-refractivity contribution in [2.75, 3.05) is 33.1 Å². The smallest absolute Gasteiger partial charge is 0.231 e. The minimum absolute atomic E-state index is 0.0549. The van der Waals surface area contributed by atoms with Gasteiger partial charge in [0.2, 0.25) is 6.79 Å². The van der Waals surface area contributed by atoms with Crippen molar-refractivity contribution in [1.29, 1.82) is 0 Å². The number of ether oxygens (including phenoxy) is 3. The molecule has 5 rings (SSSR count). The first-order valence-corrected chi connectivity index (χ1v) is 9.89. The van der Waals surface area contributed by atoms with E-state index in [1.54, 1.807) is 0 Å². The van der Waals surface area contributed by atoms with Crippen molar-refractivity contribution >= 4 is 0 Å². The lowest BCUT2D eigenvalue weighted by Gasteiger charge is -2.33. The molecular formula is C19H25N5O3. The highest BCUT2D eigenvalue weighted by atomic mass is 16.7. The van der Waals surface area contributed by atoms with Crippen molar-refractivity contribution in [3.05, 3.63) is 29.6 Å². The monoisotopic (exact) mass is 371 g/mol. The second-order valence-electron chi connectivity index (χ2n) is 7.42. The highest BCUT2D eigenvalue weighted by Gasteiger charge is 2.30. The molecule has 2 fully saturated rings. The molecule has 144 valence electrons. The van der Waals surface area contributed by atoms with Crippen LogP contribution in [-0.4, -0.2) is 58.2 Å². The maximum absolute atomic E-state index is 5.59. The third kappa shape index (κ3) is 3.39. The fraction of sp³-hybridized carbons (Fsp3) is 0.632. The minimum atomic E-state index is -0.0549. The van der Waals surface area contributed by atoms with Gasteiger partial charge >= 0.3 is 0 Å². The van der Waals surface area contributed by atoms with Crippen LogP contribution in [0.2, 0.25) is 0 Å². The number of hydrogen-bond donors (Lipinski definition) is 0. The fourth-order valence-corrected chi connectivity index (χ4v) is 4.25. The second kappa shape index (κ2) is 7.44. The summed E-state index contributed by atoms with van der Waals surface area (Å²) < 4.78 is 16.6. The maximum atomic E-state index is 5.59. The number of morpholine rings is 1. The third-order valence-electron chi connectivity index (χ3n) is 5.71. The summed E-state index contributed by atoms with van der Waals surface area (Å²) in [4.78, 5) is 4.21. The Morgan fingerprint density at radius 2 is 1.81 bits per heavy atom. The average molecular weight is 371 g/mol. The van der Waals surface area contributed by atoms with Gasteiger partial charge < -0.3 is 14.2 Å². The molecule has 0 unspecified atom stereocenters. The number of benzene rings is 1. The summed E-state index contributed by atoms with van der Waals surface area (Å²) in [6, 6.07) is 6.41. The van der Waals surface area contributed by atoms with Crippen LogP contribution >= 0.6 is 0 Å². The van der Waals surface area contributed by atoms with E-state index >= 15 is 0 Å². The number of tetrazole rings is 1. The zero-order chi connectivity index (χ0) is 18.1. The van der Waals surface area contributed by atoms with E-state index in [0.29, 0.717) is 6.04 Å². The molecule has 1 saturated heterocycles. The number of aromatic nitrogens is 4. The van der Waals surface area contributed by atoms with Crippen LogP contribution in [0.25, 0.3) is 0 Å². The molecule has 0 bridgehead atoms. The summed E-state index contributed by atoms with van der Waals surface area (Å²) in [6.07, 6.45) is 6.09. The van der Waals surface area contributed by atoms with Gasteiger partial charge in [-0.15, -0.1) is 10.2 Å². The number of hydrogen-bond acceptors (Lipinski definition) is 7. The summed E-state index contributed by atoms with van der Waals surface area (Å²) in [5.74, 6) is 2.32. The molecule has 8 heteroatoms. The summed E-state index contributed by atoms with van der Waals surface area (Å²) in [5, 5.41) is 13.7. The quantitative estimate of drug-likeness (QED) is 0.816. The number of nitrogens with zero attached hydrogens (tertiary/aromatic N) is 5. The SMILES string of the molecule is c1cc2c(cc1[C@H](c1nnn(C3CCCCC3)n1)N1CCOCC1)OCO2.